The monoisotopic (exact) mass is 348 g/mol. The first-order valence-corrected chi connectivity index (χ1v) is 8.63. The Morgan fingerprint density at radius 2 is 1.88 bits per heavy atom. The summed E-state index contributed by atoms with van der Waals surface area (Å²) >= 11 is 0. The molecule has 26 heavy (non-hydrogen) atoms. The number of aromatic nitrogens is 2. The Bertz CT molecular complexity index is 927. The molecule has 1 aliphatic heterocycles. The van der Waals surface area contributed by atoms with E-state index in [9.17, 15) is 4.79 Å². The van der Waals surface area contributed by atoms with Crippen LogP contribution in [-0.4, -0.2) is 42.2 Å². The Morgan fingerprint density at radius 1 is 1.12 bits per heavy atom. The summed E-state index contributed by atoms with van der Waals surface area (Å²) < 4.78 is 5.41. The number of nitrogens with zero attached hydrogens (tertiary/aromatic N) is 3. The first-order valence-electron chi connectivity index (χ1n) is 8.63. The Balaban J connectivity index is 1.45. The van der Waals surface area contributed by atoms with Gasteiger partial charge in [-0.05, 0) is 48.9 Å². The van der Waals surface area contributed by atoms with Crippen LogP contribution < -0.4 is 10.2 Å². The van der Waals surface area contributed by atoms with Crippen LogP contribution in [0.4, 0.5) is 11.4 Å². The zero-order valence-electron chi connectivity index (χ0n) is 14.6. The zero-order chi connectivity index (χ0) is 17.9. The second-order valence-corrected chi connectivity index (χ2v) is 6.35. The third kappa shape index (κ3) is 3.36. The quantitative estimate of drug-likeness (QED) is 0.785. The second kappa shape index (κ2) is 7.09. The van der Waals surface area contributed by atoms with Crippen molar-refractivity contribution in [1.29, 1.82) is 0 Å². The standard InChI is InChI=1S/C20H20N4O2/c1-26-17-8-11-24(13-17)16-5-3-15(4-6-16)23-20(25)14-2-7-18-19(12-14)22-10-9-21-18/h2-7,9-10,12,17H,8,11,13H2,1H3,(H,23,25)/t17-/m1/s1. The molecule has 0 aliphatic carbocycles. The van der Waals surface area contributed by atoms with E-state index in [1.807, 2.05) is 24.3 Å². The van der Waals surface area contributed by atoms with E-state index in [2.05, 4.69) is 20.2 Å². The highest BCUT2D eigenvalue weighted by atomic mass is 16.5. The van der Waals surface area contributed by atoms with Gasteiger partial charge in [-0.15, -0.1) is 0 Å². The van der Waals surface area contributed by atoms with Crippen LogP contribution >= 0.6 is 0 Å². The second-order valence-electron chi connectivity index (χ2n) is 6.35. The van der Waals surface area contributed by atoms with Gasteiger partial charge in [0, 0.05) is 49.5 Å². The lowest BCUT2D eigenvalue weighted by Crippen LogP contribution is -2.22. The highest BCUT2D eigenvalue weighted by Crippen LogP contribution is 2.23. The van der Waals surface area contributed by atoms with Gasteiger partial charge in [0.15, 0.2) is 0 Å². The average Bonchev–Trinajstić information content (AvgIpc) is 3.17. The molecular weight excluding hydrogens is 328 g/mol. The molecule has 1 N–H and O–H groups in total. The number of nitrogens with one attached hydrogen (secondary N) is 1. The molecule has 6 heteroatoms. The lowest BCUT2D eigenvalue weighted by molar-refractivity contribution is 0.102. The van der Waals surface area contributed by atoms with E-state index >= 15 is 0 Å². The average molecular weight is 348 g/mol. The number of methoxy groups -OCH3 is 1. The fourth-order valence-electron chi connectivity index (χ4n) is 3.22. The van der Waals surface area contributed by atoms with Gasteiger partial charge in [-0.1, -0.05) is 0 Å². The summed E-state index contributed by atoms with van der Waals surface area (Å²) in [6.45, 7) is 1.89. The van der Waals surface area contributed by atoms with Crippen LogP contribution in [0.25, 0.3) is 11.0 Å². The first kappa shape index (κ1) is 16.5. The third-order valence-corrected chi connectivity index (χ3v) is 4.70. The molecule has 0 unspecified atom stereocenters. The van der Waals surface area contributed by atoms with Gasteiger partial charge < -0.3 is 15.0 Å². The van der Waals surface area contributed by atoms with Crippen molar-refractivity contribution in [3.8, 4) is 0 Å². The Labute approximate surface area is 151 Å². The van der Waals surface area contributed by atoms with Crippen LogP contribution in [0, 0.1) is 0 Å². The van der Waals surface area contributed by atoms with Crippen LogP contribution in [0.1, 0.15) is 16.8 Å². The summed E-state index contributed by atoms with van der Waals surface area (Å²) in [6.07, 6.45) is 4.60. The van der Waals surface area contributed by atoms with Crippen molar-refractivity contribution in [1.82, 2.24) is 9.97 Å². The fourth-order valence-corrected chi connectivity index (χ4v) is 3.22. The van der Waals surface area contributed by atoms with Gasteiger partial charge >= 0.3 is 0 Å². The molecule has 0 bridgehead atoms. The molecule has 3 aromatic rings. The fraction of sp³-hybridized carbons (Fsp3) is 0.250. The molecule has 1 aromatic heterocycles. The molecule has 132 valence electrons. The highest BCUT2D eigenvalue weighted by molar-refractivity contribution is 6.05. The minimum atomic E-state index is -0.161. The molecule has 4 rings (SSSR count). The summed E-state index contributed by atoms with van der Waals surface area (Å²) in [5.41, 5.74) is 3.94. The number of ether oxygens (including phenoxy) is 1. The molecule has 1 saturated heterocycles. The van der Waals surface area contributed by atoms with E-state index < -0.39 is 0 Å². The molecule has 1 amide bonds. The van der Waals surface area contributed by atoms with Crippen molar-refractivity contribution in [3.05, 3.63) is 60.4 Å². The molecule has 2 heterocycles. The minimum absolute atomic E-state index is 0.161. The van der Waals surface area contributed by atoms with Crippen LogP contribution in [0.5, 0.6) is 0 Å². The van der Waals surface area contributed by atoms with Crippen LogP contribution in [0.3, 0.4) is 0 Å². The normalized spacial score (nSPS) is 16.8. The lowest BCUT2D eigenvalue weighted by Gasteiger charge is -2.18. The molecule has 0 saturated carbocycles. The van der Waals surface area contributed by atoms with E-state index in [1.54, 1.807) is 37.7 Å². The third-order valence-electron chi connectivity index (χ3n) is 4.70. The van der Waals surface area contributed by atoms with Crippen molar-refractivity contribution in [2.75, 3.05) is 30.4 Å². The summed E-state index contributed by atoms with van der Waals surface area (Å²) in [4.78, 5) is 23.2. The van der Waals surface area contributed by atoms with Crippen molar-refractivity contribution in [2.24, 2.45) is 0 Å². The van der Waals surface area contributed by atoms with Gasteiger partial charge in [0.25, 0.3) is 5.91 Å². The van der Waals surface area contributed by atoms with Crippen molar-refractivity contribution in [3.63, 3.8) is 0 Å². The van der Waals surface area contributed by atoms with Crippen molar-refractivity contribution < 1.29 is 9.53 Å². The predicted octanol–water partition coefficient (Wildman–Crippen LogP) is 3.11. The first-order chi connectivity index (χ1) is 12.7. The zero-order valence-corrected chi connectivity index (χ0v) is 14.6. The summed E-state index contributed by atoms with van der Waals surface area (Å²) in [5.74, 6) is -0.161. The van der Waals surface area contributed by atoms with Gasteiger partial charge in [0.1, 0.15) is 0 Å². The molecule has 1 atom stereocenters. The van der Waals surface area contributed by atoms with Gasteiger partial charge in [-0.2, -0.15) is 0 Å². The number of benzene rings is 2. The maximum absolute atomic E-state index is 12.5. The summed E-state index contributed by atoms with van der Waals surface area (Å²) in [5, 5.41) is 2.93. The van der Waals surface area contributed by atoms with Crippen LogP contribution in [-0.2, 0) is 4.74 Å². The summed E-state index contributed by atoms with van der Waals surface area (Å²) in [7, 11) is 1.76. The molecule has 0 spiro atoms. The largest absolute Gasteiger partial charge is 0.380 e. The molecule has 6 nitrogen and oxygen atoms in total. The molecule has 1 fully saturated rings. The van der Waals surface area contributed by atoms with Crippen LogP contribution in [0.15, 0.2) is 54.9 Å². The Morgan fingerprint density at radius 3 is 2.62 bits per heavy atom. The highest BCUT2D eigenvalue weighted by Gasteiger charge is 2.22. The number of carbonyl (C=O) groups excluding carboxylic acids is 1. The number of anilines is 2. The van der Waals surface area contributed by atoms with E-state index in [0.717, 1.165) is 36.4 Å². The van der Waals surface area contributed by atoms with E-state index in [-0.39, 0.29) is 5.91 Å². The SMILES string of the molecule is CO[C@@H]1CCN(c2ccc(NC(=O)c3ccc4nccnc4c3)cc2)C1. The minimum Gasteiger partial charge on any atom is -0.380 e. The Kier molecular flexibility index (Phi) is 4.50. The van der Waals surface area contributed by atoms with Gasteiger partial charge in [0.05, 0.1) is 17.1 Å². The lowest BCUT2D eigenvalue weighted by atomic mass is 10.1. The molecule has 0 radical (unpaired) electrons. The number of carbonyl (C=O) groups is 1. The van der Waals surface area contributed by atoms with Crippen molar-refractivity contribution >= 4 is 28.3 Å². The Hall–Kier alpha value is -2.99. The van der Waals surface area contributed by atoms with Gasteiger partial charge in [0.2, 0.25) is 0 Å². The van der Waals surface area contributed by atoms with Gasteiger partial charge in [-0.25, -0.2) is 0 Å². The van der Waals surface area contributed by atoms with Gasteiger partial charge in [-0.3, -0.25) is 14.8 Å². The molecule has 2 aromatic carbocycles. The van der Waals surface area contributed by atoms with E-state index in [0.29, 0.717) is 17.2 Å². The smallest absolute Gasteiger partial charge is 0.255 e. The van der Waals surface area contributed by atoms with E-state index in [4.69, 9.17) is 4.74 Å². The number of hydrogen-bond acceptors (Lipinski definition) is 5. The van der Waals surface area contributed by atoms with E-state index in [1.165, 1.54) is 0 Å². The maximum Gasteiger partial charge on any atom is 0.255 e. The van der Waals surface area contributed by atoms with Crippen molar-refractivity contribution in [2.45, 2.75) is 12.5 Å². The molecule has 1 aliphatic rings. The maximum atomic E-state index is 12.5. The topological polar surface area (TPSA) is 67.3 Å². The van der Waals surface area contributed by atoms with Crippen LogP contribution in [0.2, 0.25) is 0 Å². The number of rotatable bonds is 4. The number of amides is 1. The number of hydrogen-bond donors (Lipinski definition) is 1. The number of fused-ring (bicyclic) bond motifs is 1. The predicted molar refractivity (Wildman–Crippen MR) is 102 cm³/mol. The summed E-state index contributed by atoms with van der Waals surface area (Å²) in [6, 6.07) is 13.2. The molecular formula is C20H20N4O2.